The molecule has 0 aliphatic carbocycles. The zero-order chi connectivity index (χ0) is 20.0. The fraction of sp³-hybridized carbons (Fsp3) is 0.500. The van der Waals surface area contributed by atoms with Gasteiger partial charge in [-0.15, -0.1) is 5.10 Å². The van der Waals surface area contributed by atoms with Crippen LogP contribution in [0.15, 0.2) is 29.3 Å². The number of nitro groups is 1. The molecule has 3 rings (SSSR count). The van der Waals surface area contributed by atoms with Gasteiger partial charge in [-0.05, 0) is 32.8 Å². The Kier molecular flexibility index (Phi) is 4.78. The first-order valence-electron chi connectivity index (χ1n) is 8.45. The Hall–Kier alpha value is -2.37. The van der Waals surface area contributed by atoms with Gasteiger partial charge in [0, 0.05) is 25.2 Å². The highest BCUT2D eigenvalue weighted by Crippen LogP contribution is 2.37. The zero-order valence-electron chi connectivity index (χ0n) is 15.2. The first kappa shape index (κ1) is 19.4. The third kappa shape index (κ3) is 3.33. The van der Waals surface area contributed by atoms with Gasteiger partial charge in [0.05, 0.1) is 11.1 Å². The van der Waals surface area contributed by atoms with E-state index in [1.807, 2.05) is 13.8 Å². The van der Waals surface area contributed by atoms with Crippen LogP contribution in [0.3, 0.4) is 0 Å². The van der Waals surface area contributed by atoms with Gasteiger partial charge in [-0.1, -0.05) is 17.3 Å². The topological polar surface area (TPSA) is 131 Å². The van der Waals surface area contributed by atoms with E-state index in [0.717, 1.165) is 10.4 Å². The highest BCUT2D eigenvalue weighted by Gasteiger charge is 2.46. The lowest BCUT2D eigenvalue weighted by molar-refractivity contribution is -0.387. The van der Waals surface area contributed by atoms with Gasteiger partial charge in [0.2, 0.25) is 10.0 Å². The average molecular weight is 395 g/mol. The predicted octanol–water partition coefficient (Wildman–Crippen LogP) is 1.36. The van der Waals surface area contributed by atoms with Crippen LogP contribution in [0.25, 0.3) is 0 Å². The zero-order valence-corrected chi connectivity index (χ0v) is 16.0. The van der Waals surface area contributed by atoms with Crippen molar-refractivity contribution in [3.8, 4) is 0 Å². The van der Waals surface area contributed by atoms with Crippen LogP contribution >= 0.6 is 0 Å². The molecule has 1 fully saturated rings. The van der Waals surface area contributed by atoms with Crippen molar-refractivity contribution in [1.29, 1.82) is 0 Å². The number of aromatic nitrogens is 3. The van der Waals surface area contributed by atoms with E-state index in [-0.39, 0.29) is 41.7 Å². The normalized spacial score (nSPS) is 21.1. The third-order valence-electron chi connectivity index (χ3n) is 4.71. The van der Waals surface area contributed by atoms with Crippen molar-refractivity contribution in [2.45, 2.75) is 43.7 Å². The number of nitrogens with zero attached hydrogens (tertiary/aromatic N) is 5. The second kappa shape index (κ2) is 6.66. The summed E-state index contributed by atoms with van der Waals surface area (Å²) in [7, 11) is -4.16. The lowest BCUT2D eigenvalue weighted by atomic mass is 10.00. The van der Waals surface area contributed by atoms with Crippen molar-refractivity contribution in [3.05, 3.63) is 45.8 Å². The molecule has 0 radical (unpaired) electrons. The molecule has 2 heterocycles. The molecule has 1 unspecified atom stereocenters. The van der Waals surface area contributed by atoms with Gasteiger partial charge in [0.1, 0.15) is 11.3 Å². The smallest absolute Gasteiger partial charge is 0.289 e. The molecule has 10 nitrogen and oxygen atoms in total. The molecular weight excluding hydrogens is 374 g/mol. The second-order valence-corrected chi connectivity index (χ2v) is 8.85. The first-order chi connectivity index (χ1) is 12.6. The van der Waals surface area contributed by atoms with E-state index in [1.165, 1.54) is 19.1 Å². The van der Waals surface area contributed by atoms with E-state index in [2.05, 4.69) is 10.3 Å². The van der Waals surface area contributed by atoms with Crippen LogP contribution in [0.2, 0.25) is 0 Å². The SMILES string of the molecule is Cc1cccc([N+](=O)[O-])c1S(=O)(=O)N1CCC(O)(c2cn(C(C)C)nn2)C1. The number of benzene rings is 1. The van der Waals surface area contributed by atoms with Crippen molar-refractivity contribution in [2.24, 2.45) is 0 Å². The van der Waals surface area contributed by atoms with Crippen LogP contribution in [0.4, 0.5) is 5.69 Å². The summed E-state index contributed by atoms with van der Waals surface area (Å²) >= 11 is 0. The number of hydrogen-bond donors (Lipinski definition) is 1. The predicted molar refractivity (Wildman–Crippen MR) is 95.5 cm³/mol. The third-order valence-corrected chi connectivity index (χ3v) is 6.75. The molecule has 2 aromatic rings. The summed E-state index contributed by atoms with van der Waals surface area (Å²) in [5.74, 6) is 0. The summed E-state index contributed by atoms with van der Waals surface area (Å²) in [6.07, 6.45) is 1.72. The van der Waals surface area contributed by atoms with Crippen molar-refractivity contribution in [1.82, 2.24) is 19.3 Å². The minimum atomic E-state index is -4.16. The van der Waals surface area contributed by atoms with E-state index in [0.29, 0.717) is 0 Å². The fourth-order valence-electron chi connectivity index (χ4n) is 3.16. The van der Waals surface area contributed by atoms with Crippen LogP contribution in [0.1, 0.15) is 37.6 Å². The second-order valence-electron chi connectivity index (χ2n) is 6.98. The van der Waals surface area contributed by atoms with E-state index in [9.17, 15) is 23.6 Å². The minimum absolute atomic E-state index is 0.0266. The quantitative estimate of drug-likeness (QED) is 0.597. The van der Waals surface area contributed by atoms with Crippen molar-refractivity contribution < 1.29 is 18.4 Å². The molecule has 27 heavy (non-hydrogen) atoms. The van der Waals surface area contributed by atoms with Crippen molar-refractivity contribution in [3.63, 3.8) is 0 Å². The molecule has 1 aromatic heterocycles. The van der Waals surface area contributed by atoms with Crippen molar-refractivity contribution >= 4 is 15.7 Å². The molecule has 1 aliphatic rings. The molecule has 1 aromatic carbocycles. The Morgan fingerprint density at radius 3 is 2.67 bits per heavy atom. The molecule has 146 valence electrons. The maximum atomic E-state index is 13.1. The largest absolute Gasteiger partial charge is 0.382 e. The molecule has 0 bridgehead atoms. The number of sulfonamides is 1. The first-order valence-corrected chi connectivity index (χ1v) is 9.89. The molecule has 1 saturated heterocycles. The Labute approximate surface area is 156 Å². The minimum Gasteiger partial charge on any atom is -0.382 e. The van der Waals surface area contributed by atoms with Crippen LogP contribution in [-0.2, 0) is 15.6 Å². The molecule has 1 aliphatic heterocycles. The molecule has 0 saturated carbocycles. The molecule has 1 N–H and O–H groups in total. The number of nitro benzene ring substituents is 1. The summed E-state index contributed by atoms with van der Waals surface area (Å²) in [5.41, 5.74) is -1.40. The number of aliphatic hydroxyl groups is 1. The van der Waals surface area contributed by atoms with Crippen LogP contribution in [0.5, 0.6) is 0 Å². The van der Waals surface area contributed by atoms with Crippen molar-refractivity contribution in [2.75, 3.05) is 13.1 Å². The summed E-state index contributed by atoms with van der Waals surface area (Å²) in [4.78, 5) is 10.2. The summed E-state index contributed by atoms with van der Waals surface area (Å²) in [5, 5.41) is 30.2. The van der Waals surface area contributed by atoms with Gasteiger partial charge in [-0.25, -0.2) is 13.1 Å². The van der Waals surface area contributed by atoms with E-state index in [1.54, 1.807) is 10.9 Å². The van der Waals surface area contributed by atoms with Crippen LogP contribution < -0.4 is 0 Å². The fourth-order valence-corrected chi connectivity index (χ4v) is 5.02. The monoisotopic (exact) mass is 395 g/mol. The Bertz CT molecular complexity index is 987. The van der Waals surface area contributed by atoms with Crippen LogP contribution in [0, 0.1) is 17.0 Å². The van der Waals surface area contributed by atoms with Crippen LogP contribution in [-0.4, -0.2) is 50.8 Å². The Morgan fingerprint density at radius 1 is 1.37 bits per heavy atom. The lowest BCUT2D eigenvalue weighted by Crippen LogP contribution is -2.35. The van der Waals surface area contributed by atoms with Gasteiger partial charge < -0.3 is 5.11 Å². The molecule has 11 heteroatoms. The Balaban J connectivity index is 1.96. The number of β-amino-alcohol motifs (C(OH)–C–C–N with tert-alkyl or cyclic N) is 1. The maximum absolute atomic E-state index is 13.1. The number of hydrogen-bond acceptors (Lipinski definition) is 7. The highest BCUT2D eigenvalue weighted by atomic mass is 32.2. The molecule has 1 atom stereocenters. The molecular formula is C16H21N5O5S. The summed E-state index contributed by atoms with van der Waals surface area (Å²) < 4.78 is 28.8. The lowest BCUT2D eigenvalue weighted by Gasteiger charge is -2.21. The average Bonchev–Trinajstić information content (AvgIpc) is 3.22. The highest BCUT2D eigenvalue weighted by molar-refractivity contribution is 7.89. The molecule has 0 amide bonds. The Morgan fingerprint density at radius 2 is 2.07 bits per heavy atom. The van der Waals surface area contributed by atoms with Gasteiger partial charge >= 0.3 is 0 Å². The van der Waals surface area contributed by atoms with Gasteiger partial charge in [0.25, 0.3) is 5.69 Å². The number of rotatable bonds is 5. The molecule has 0 spiro atoms. The van der Waals surface area contributed by atoms with E-state index in [4.69, 9.17) is 0 Å². The standard InChI is InChI=1S/C16H21N5O5S/c1-11(2)20-9-14(17-18-20)16(22)7-8-19(10-16)27(25,26)15-12(3)5-4-6-13(15)21(23)24/h4-6,9,11,22H,7-8,10H2,1-3H3. The van der Waals surface area contributed by atoms with E-state index < -0.39 is 26.2 Å². The van der Waals surface area contributed by atoms with Gasteiger partial charge in [-0.2, -0.15) is 4.31 Å². The van der Waals surface area contributed by atoms with Gasteiger partial charge in [0.15, 0.2) is 4.90 Å². The van der Waals surface area contributed by atoms with E-state index >= 15 is 0 Å². The summed E-state index contributed by atoms with van der Waals surface area (Å²) in [6.45, 7) is 5.11. The summed E-state index contributed by atoms with van der Waals surface area (Å²) in [6, 6.07) is 4.16. The van der Waals surface area contributed by atoms with Gasteiger partial charge in [-0.3, -0.25) is 10.1 Å². The number of aryl methyl sites for hydroxylation is 1. The maximum Gasteiger partial charge on any atom is 0.289 e.